The first-order chi connectivity index (χ1) is 39.9. The second-order valence-electron chi connectivity index (χ2n) is 24.6. The summed E-state index contributed by atoms with van der Waals surface area (Å²) in [6, 6.07) is 0. The minimum absolute atomic E-state index is 0.187. The minimum atomic E-state index is -0.448. The van der Waals surface area contributed by atoms with Gasteiger partial charge in [-0.25, -0.2) is 49.3 Å². The van der Waals surface area contributed by atoms with Crippen LogP contribution in [-0.4, -0.2) is 175 Å². The molecule has 4 aromatic heterocycles. The Morgan fingerprint density at radius 2 is 0.762 bits per heavy atom. The summed E-state index contributed by atoms with van der Waals surface area (Å²) in [5.74, 6) is 4.82. The van der Waals surface area contributed by atoms with Crippen LogP contribution in [0.25, 0.3) is 0 Å². The van der Waals surface area contributed by atoms with Gasteiger partial charge in [-0.05, 0) is 189 Å². The van der Waals surface area contributed by atoms with E-state index < -0.39 is 16.8 Å². The number of halogens is 2. The van der Waals surface area contributed by atoms with E-state index in [0.29, 0.717) is 104 Å². The average molecular weight is 1300 g/mol. The Kier molecular flexibility index (Phi) is 26.3. The molecule has 0 aliphatic carbocycles. The molecular formula is C59H89Br2N13O10. The molecule has 1 N–H and O–H groups in total. The molecule has 5 saturated heterocycles. The zero-order chi connectivity index (χ0) is 60.7. The number of likely N-dealkylation sites (tertiary alicyclic amines) is 3. The summed E-state index contributed by atoms with van der Waals surface area (Å²) in [5.41, 5.74) is -1.53. The number of anilines is 2. The Balaban J connectivity index is 0.000000190. The molecule has 0 saturated carbocycles. The molecule has 0 radical (unpaired) electrons. The second-order valence-corrected chi connectivity index (χ2v) is 26.2. The van der Waals surface area contributed by atoms with Crippen LogP contribution < -0.4 is 29.6 Å². The number of rotatable bonds is 11. The van der Waals surface area contributed by atoms with Crippen LogP contribution in [0.2, 0.25) is 0 Å². The maximum atomic E-state index is 12.1. The van der Waals surface area contributed by atoms with E-state index in [4.69, 9.17) is 28.4 Å². The van der Waals surface area contributed by atoms with Crippen LogP contribution in [0.1, 0.15) is 139 Å². The lowest BCUT2D eigenvalue weighted by Crippen LogP contribution is -2.42. The van der Waals surface area contributed by atoms with Gasteiger partial charge in [0, 0.05) is 71.6 Å². The topological polar surface area (TPSA) is 246 Å². The molecule has 0 unspecified atom stereocenters. The molecule has 0 spiro atoms. The van der Waals surface area contributed by atoms with Crippen molar-refractivity contribution in [2.45, 2.75) is 156 Å². The molecule has 0 bridgehead atoms. The lowest BCUT2D eigenvalue weighted by molar-refractivity contribution is 0.0154. The number of carbonyl (C=O) groups excluding carboxylic acids is 3. The van der Waals surface area contributed by atoms with Gasteiger partial charge in [0.15, 0.2) is 0 Å². The van der Waals surface area contributed by atoms with Crippen LogP contribution in [0.15, 0.2) is 63.6 Å². The molecular weight excluding hydrogens is 1210 g/mol. The molecule has 0 aromatic carbocycles. The van der Waals surface area contributed by atoms with Gasteiger partial charge in [-0.3, -0.25) is 4.79 Å². The fourth-order valence-electron chi connectivity index (χ4n) is 9.48. The second kappa shape index (κ2) is 33.0. The van der Waals surface area contributed by atoms with E-state index in [1.54, 1.807) is 39.5 Å². The number of amides is 3. The fourth-order valence-corrected chi connectivity index (χ4v) is 9.90. The van der Waals surface area contributed by atoms with Gasteiger partial charge >= 0.3 is 18.3 Å². The first-order valence-electron chi connectivity index (χ1n) is 29.6. The molecule has 5 fully saturated rings. The molecule has 5 aliphatic rings. The predicted octanol–water partition coefficient (Wildman–Crippen LogP) is 10.8. The van der Waals surface area contributed by atoms with Crippen molar-refractivity contribution in [3.05, 3.63) is 69.1 Å². The molecule has 25 heteroatoms. The minimum Gasteiger partial charge on any atom is -0.476 e. The predicted molar refractivity (Wildman–Crippen MR) is 327 cm³/mol. The lowest BCUT2D eigenvalue weighted by atomic mass is 9.98. The summed E-state index contributed by atoms with van der Waals surface area (Å²) in [7, 11) is 0. The average Bonchev–Trinajstić information content (AvgIpc) is 3.66. The Bertz CT molecular complexity index is 2510. The molecule has 9 rings (SSSR count). The molecule has 3 amide bonds. The smallest absolute Gasteiger partial charge is 0.410 e. The number of nitrogens with one attached hydrogen (secondary N) is 1. The van der Waals surface area contributed by atoms with Crippen molar-refractivity contribution in [1.82, 2.24) is 54.6 Å². The molecule has 4 aromatic rings. The highest BCUT2D eigenvalue weighted by Gasteiger charge is 2.30. The third-order valence-corrected chi connectivity index (χ3v) is 14.9. The number of hydrogen-bond donors (Lipinski definition) is 1. The summed E-state index contributed by atoms with van der Waals surface area (Å²) in [6.07, 6.45) is 25.3. The van der Waals surface area contributed by atoms with E-state index in [-0.39, 0.29) is 23.8 Å². The first kappa shape index (κ1) is 67.0. The van der Waals surface area contributed by atoms with Gasteiger partial charge in [-0.15, -0.1) is 0 Å². The third-order valence-electron chi connectivity index (χ3n) is 14.0. The van der Waals surface area contributed by atoms with E-state index in [2.05, 4.69) is 81.5 Å². The molecule has 23 nitrogen and oxygen atoms in total. The van der Waals surface area contributed by atoms with Crippen LogP contribution in [0.4, 0.5) is 26.0 Å². The van der Waals surface area contributed by atoms with Crippen molar-refractivity contribution in [3.63, 3.8) is 0 Å². The Hall–Kier alpha value is -6.11. The van der Waals surface area contributed by atoms with E-state index in [9.17, 15) is 19.2 Å². The van der Waals surface area contributed by atoms with Crippen molar-refractivity contribution >= 4 is 61.8 Å². The van der Waals surface area contributed by atoms with Gasteiger partial charge in [0.05, 0.1) is 63.2 Å². The van der Waals surface area contributed by atoms with Crippen molar-refractivity contribution in [3.8, 4) is 17.6 Å². The maximum absolute atomic E-state index is 12.1. The van der Waals surface area contributed by atoms with Crippen LogP contribution >= 0.6 is 31.9 Å². The first-order valence-corrected chi connectivity index (χ1v) is 31.2. The Morgan fingerprint density at radius 3 is 1.02 bits per heavy atom. The maximum Gasteiger partial charge on any atom is 0.410 e. The highest BCUT2D eigenvalue weighted by Crippen LogP contribution is 2.26. The summed E-state index contributed by atoms with van der Waals surface area (Å²) in [5, 5.41) is 0. The monoisotopic (exact) mass is 1300 g/mol. The van der Waals surface area contributed by atoms with Crippen LogP contribution in [0.5, 0.6) is 17.6 Å². The highest BCUT2D eigenvalue weighted by atomic mass is 79.9. The Morgan fingerprint density at radius 1 is 0.440 bits per heavy atom. The van der Waals surface area contributed by atoms with Gasteiger partial charge in [0.1, 0.15) is 37.6 Å². The van der Waals surface area contributed by atoms with Gasteiger partial charge < -0.3 is 57.9 Å². The number of aromatic amines is 1. The summed E-state index contributed by atoms with van der Waals surface area (Å²) < 4.78 is 34.9. The van der Waals surface area contributed by atoms with Gasteiger partial charge in [-0.2, -0.15) is 0 Å². The number of H-pyrrole nitrogens is 1. The van der Waals surface area contributed by atoms with Crippen molar-refractivity contribution < 1.29 is 42.8 Å². The molecule has 0 atom stereocenters. The van der Waals surface area contributed by atoms with Gasteiger partial charge in [-0.1, -0.05) is 0 Å². The third kappa shape index (κ3) is 25.2. The number of ether oxygens (including phenoxy) is 6. The summed E-state index contributed by atoms with van der Waals surface area (Å²) >= 11 is 6.30. The molecule has 464 valence electrons. The zero-order valence-corrected chi connectivity index (χ0v) is 53.9. The number of carbonyl (C=O) groups is 3. The van der Waals surface area contributed by atoms with E-state index in [1.807, 2.05) is 74.7 Å². The number of nitrogens with zero attached hydrogens (tertiary/aromatic N) is 12. The molecule has 9 heterocycles. The van der Waals surface area contributed by atoms with Crippen molar-refractivity contribution in [2.24, 2.45) is 17.8 Å². The quantitative estimate of drug-likeness (QED) is 0.137. The van der Waals surface area contributed by atoms with Gasteiger partial charge in [0.25, 0.3) is 5.56 Å². The van der Waals surface area contributed by atoms with Crippen LogP contribution in [0.3, 0.4) is 0 Å². The highest BCUT2D eigenvalue weighted by molar-refractivity contribution is 9.10. The van der Waals surface area contributed by atoms with Crippen LogP contribution in [-0.2, 0) is 14.2 Å². The number of aromatic nitrogens is 8. The van der Waals surface area contributed by atoms with E-state index >= 15 is 0 Å². The number of piperidine rings is 5. The zero-order valence-electron chi connectivity index (χ0n) is 50.7. The largest absolute Gasteiger partial charge is 0.476 e. The number of hydrogen-bond acceptors (Lipinski definition) is 19. The van der Waals surface area contributed by atoms with Crippen LogP contribution in [0, 0.1) is 17.8 Å². The fraction of sp³-hybridized carbons (Fsp3) is 0.678. The Labute approximate surface area is 512 Å². The van der Waals surface area contributed by atoms with Crippen molar-refractivity contribution in [2.75, 3.05) is 95.1 Å². The lowest BCUT2D eigenvalue weighted by Gasteiger charge is -2.33. The SMILES string of the molecule is CC(C)(C)OC(=O)N1CCC(COc2cnc(Br)cn2)CC1.CC(C)(C)OC(=O)N1CCC(COc2cnc(N3CCCCC3)cn2)CC1.CC(C)(C)OC(=O)N1CCC(COc2cnc(N3CCCCC3)cn2)CC1.O=c1cnc(Br)c[nH]1. The summed E-state index contributed by atoms with van der Waals surface area (Å²) in [6.45, 7) is 27.3. The normalized spacial score (nSPS) is 17.4. The standard InChI is InChI=1S/2C20H32N4O3.C15H22BrN3O3.C4H3BrN2O/c2*1-20(2,3)27-19(25)24-11-7-16(8-12-24)15-26-18-14-21-17(13-22-18)23-9-5-4-6-10-23;1-15(2,3)22-14(20)19-6-4-11(5-7-19)10-21-13-9-17-12(16)8-18-13;5-3-1-7-4(8)2-6-3/h2*13-14,16H,4-12,15H2,1-3H3;8-9,11H,4-7,10H2,1-3H3;1-2H,(H,7,8). The van der Waals surface area contributed by atoms with Crippen molar-refractivity contribution in [1.29, 1.82) is 0 Å². The molecule has 5 aliphatic heterocycles. The summed E-state index contributed by atoms with van der Waals surface area (Å²) in [4.78, 5) is 88.5. The van der Waals surface area contributed by atoms with E-state index in [0.717, 1.165) is 76.3 Å². The van der Waals surface area contributed by atoms with E-state index in [1.165, 1.54) is 50.9 Å². The molecule has 84 heavy (non-hydrogen) atoms. The van der Waals surface area contributed by atoms with Gasteiger partial charge in [0.2, 0.25) is 17.6 Å².